The molecule has 2 aromatic heterocycles. The van der Waals surface area contributed by atoms with Crippen LogP contribution in [0.1, 0.15) is 31.2 Å². The number of aliphatic hydroxyl groups excluding tert-OH is 1. The Morgan fingerprint density at radius 3 is 3.00 bits per heavy atom. The van der Waals surface area contributed by atoms with Gasteiger partial charge in [-0.05, 0) is 11.6 Å². The lowest BCUT2D eigenvalue weighted by atomic mass is 9.95. The molecule has 0 aliphatic carbocycles. The van der Waals surface area contributed by atoms with Crippen LogP contribution in [0.15, 0.2) is 35.5 Å². The molecule has 2 aliphatic heterocycles. The molecule has 0 bridgehead atoms. The van der Waals surface area contributed by atoms with Gasteiger partial charge >= 0.3 is 13.5 Å². The second-order valence-electron chi connectivity index (χ2n) is 7.71. The van der Waals surface area contributed by atoms with Crippen molar-refractivity contribution in [3.8, 4) is 0 Å². The number of hydrogen-bond acceptors (Lipinski definition) is 10. The predicted molar refractivity (Wildman–Crippen MR) is 112 cm³/mol. The molecule has 31 heavy (non-hydrogen) atoms. The first-order valence-electron chi connectivity index (χ1n) is 9.93. The Balaban J connectivity index is 1.42. The number of nitrogen functional groups attached to an aromatic ring is 1. The number of aromatic nitrogens is 3. The summed E-state index contributed by atoms with van der Waals surface area (Å²) in [5.74, 6) is -0.354. The zero-order valence-electron chi connectivity index (χ0n) is 17.2. The first-order chi connectivity index (χ1) is 14.8. The fourth-order valence-electron chi connectivity index (χ4n) is 3.69. The molecule has 0 aromatic carbocycles. The third-order valence-electron chi connectivity index (χ3n) is 5.36. The average molecular weight is 450 g/mol. The molecule has 2 saturated heterocycles. The van der Waals surface area contributed by atoms with E-state index in [1.165, 1.54) is 16.8 Å². The number of nitrogens with zero attached hydrogens (tertiary/aromatic N) is 3. The molecule has 2 fully saturated rings. The predicted octanol–water partition coefficient (Wildman–Crippen LogP) is -0.324. The Kier molecular flexibility index (Phi) is 6.29. The average Bonchev–Trinajstić information content (AvgIpc) is 3.01. The first kappa shape index (κ1) is 22.1. The number of phosphoric acid groups is 1. The van der Waals surface area contributed by atoms with Crippen LogP contribution in [0.2, 0.25) is 0 Å². The highest BCUT2D eigenvalue weighted by atomic mass is 31.2. The molecule has 11 nitrogen and oxygen atoms in total. The maximum Gasteiger partial charge on any atom is 0.475 e. The third-order valence-corrected chi connectivity index (χ3v) is 6.84. The molecule has 4 heterocycles. The third kappa shape index (κ3) is 4.74. The van der Waals surface area contributed by atoms with Crippen LogP contribution in [0.3, 0.4) is 0 Å². The van der Waals surface area contributed by atoms with Crippen LogP contribution in [0, 0.1) is 5.92 Å². The smallest absolute Gasteiger partial charge is 0.390 e. The minimum absolute atomic E-state index is 0.0930. The topological polar surface area (TPSA) is 148 Å². The molecule has 6 atom stereocenters. The van der Waals surface area contributed by atoms with E-state index in [1.54, 1.807) is 19.3 Å². The second kappa shape index (κ2) is 8.81. The molecule has 3 N–H and O–H groups in total. The fraction of sp³-hybridized carbons (Fsp3) is 0.500. The van der Waals surface area contributed by atoms with E-state index in [0.29, 0.717) is 6.42 Å². The van der Waals surface area contributed by atoms with Gasteiger partial charge < -0.3 is 15.6 Å². The van der Waals surface area contributed by atoms with Gasteiger partial charge in [-0.3, -0.25) is 23.1 Å². The second-order valence-corrected chi connectivity index (χ2v) is 9.33. The van der Waals surface area contributed by atoms with Gasteiger partial charge in [0, 0.05) is 30.9 Å². The number of nitrogens with two attached hydrogens (primary N) is 1. The number of phosphoric ester groups is 1. The van der Waals surface area contributed by atoms with E-state index in [1.807, 2.05) is 13.9 Å². The maximum atomic E-state index is 13.0. The van der Waals surface area contributed by atoms with E-state index in [2.05, 4.69) is 9.97 Å². The van der Waals surface area contributed by atoms with Gasteiger partial charge in [-0.25, -0.2) is 9.36 Å². The summed E-state index contributed by atoms with van der Waals surface area (Å²) in [6.45, 7) is 1.68. The summed E-state index contributed by atoms with van der Waals surface area (Å²) in [6, 6.07) is 3.37. The highest BCUT2D eigenvalue weighted by molar-refractivity contribution is 7.48. The number of ether oxygens (including phenoxy) is 1. The number of anilines is 1. The van der Waals surface area contributed by atoms with Crippen molar-refractivity contribution >= 4 is 26.9 Å². The standard InChI is InChI=1S/C18H24BN4O7P/c1-10-16(24)14(29-17(10)23-4-2-15(20)22-18(23)25)9-28-31(26)27-5-3-13(30-31)11-6-12(19)8-21-7-11/h2,4,6-8,10,13-14,16-17,24H,3,5,9,19H2,1H3,(H2,20,22,25)/t10-,13?,14+,16-,17+,31?/m0/s1. The van der Waals surface area contributed by atoms with Gasteiger partial charge in [0.05, 0.1) is 25.4 Å². The molecule has 0 amide bonds. The Bertz CT molecular complexity index is 1050. The van der Waals surface area contributed by atoms with E-state index in [4.69, 9.17) is 24.0 Å². The number of rotatable bonds is 5. The monoisotopic (exact) mass is 450 g/mol. The van der Waals surface area contributed by atoms with Gasteiger partial charge in [0.1, 0.15) is 26.0 Å². The van der Waals surface area contributed by atoms with Crippen LogP contribution in [0.4, 0.5) is 5.82 Å². The van der Waals surface area contributed by atoms with Crippen LogP contribution in [-0.4, -0.2) is 52.9 Å². The number of aliphatic hydroxyl groups is 1. The summed E-state index contributed by atoms with van der Waals surface area (Å²) in [4.78, 5) is 19.9. The normalized spacial score (nSPS) is 33.4. The molecule has 0 saturated carbocycles. The molecular weight excluding hydrogens is 426 g/mol. The van der Waals surface area contributed by atoms with Crippen LogP contribution in [0.5, 0.6) is 0 Å². The minimum atomic E-state index is -3.87. The Labute approximate surface area is 179 Å². The van der Waals surface area contributed by atoms with Gasteiger partial charge in [0.15, 0.2) is 0 Å². The lowest BCUT2D eigenvalue weighted by Crippen LogP contribution is -2.31. The minimum Gasteiger partial charge on any atom is -0.390 e. The van der Waals surface area contributed by atoms with E-state index in [9.17, 15) is 14.5 Å². The lowest BCUT2D eigenvalue weighted by Gasteiger charge is -2.29. The summed E-state index contributed by atoms with van der Waals surface area (Å²) in [5, 5.41) is 10.6. The van der Waals surface area contributed by atoms with E-state index in [0.717, 1.165) is 11.0 Å². The van der Waals surface area contributed by atoms with Crippen molar-refractivity contribution < 1.29 is 28.0 Å². The lowest BCUT2D eigenvalue weighted by molar-refractivity contribution is -0.0561. The van der Waals surface area contributed by atoms with Crippen molar-refractivity contribution in [2.24, 2.45) is 5.92 Å². The fourth-order valence-corrected chi connectivity index (χ4v) is 5.09. The summed E-state index contributed by atoms with van der Waals surface area (Å²) in [7, 11) is -1.97. The van der Waals surface area contributed by atoms with Gasteiger partial charge in [-0.2, -0.15) is 4.98 Å². The van der Waals surface area contributed by atoms with Crippen LogP contribution in [0.25, 0.3) is 0 Å². The maximum absolute atomic E-state index is 13.0. The molecule has 2 aromatic rings. The van der Waals surface area contributed by atoms with Crippen LogP contribution in [-0.2, 0) is 22.9 Å². The quantitative estimate of drug-likeness (QED) is 0.459. The molecule has 166 valence electrons. The molecule has 0 radical (unpaired) electrons. The first-order valence-corrected chi connectivity index (χ1v) is 11.4. The largest absolute Gasteiger partial charge is 0.475 e. The Morgan fingerprint density at radius 2 is 2.26 bits per heavy atom. The van der Waals surface area contributed by atoms with Gasteiger partial charge in [-0.15, -0.1) is 0 Å². The van der Waals surface area contributed by atoms with Gasteiger partial charge in [-0.1, -0.05) is 18.5 Å². The number of hydrogen-bond donors (Lipinski definition) is 2. The van der Waals surface area contributed by atoms with E-state index < -0.39 is 44.0 Å². The van der Waals surface area contributed by atoms with Crippen LogP contribution < -0.4 is 16.9 Å². The van der Waals surface area contributed by atoms with Crippen molar-refractivity contribution in [2.45, 2.75) is 37.9 Å². The summed E-state index contributed by atoms with van der Waals surface area (Å²) in [6.07, 6.45) is 2.27. The molecule has 13 heteroatoms. The van der Waals surface area contributed by atoms with Crippen molar-refractivity contribution in [1.29, 1.82) is 0 Å². The summed E-state index contributed by atoms with van der Waals surface area (Å²) >= 11 is 0. The molecular formula is C18H24BN4O7P. The highest BCUT2D eigenvalue weighted by Crippen LogP contribution is 2.57. The molecule has 4 rings (SSSR count). The summed E-state index contributed by atoms with van der Waals surface area (Å²) < 4.78 is 36.5. The van der Waals surface area contributed by atoms with Gasteiger partial charge in [0.2, 0.25) is 0 Å². The van der Waals surface area contributed by atoms with Gasteiger partial charge in [0.25, 0.3) is 0 Å². The SMILES string of the molecule is Bc1cncc(C2CCOP(=O)(OC[C@H]3O[C@@H](n4ccc(N)nc4=O)[C@@H](C)[C@@H]3O)O2)c1. The molecule has 2 aliphatic rings. The molecule has 2 unspecified atom stereocenters. The van der Waals surface area contributed by atoms with Crippen molar-refractivity contribution in [3.63, 3.8) is 0 Å². The Morgan fingerprint density at radius 1 is 1.45 bits per heavy atom. The highest BCUT2D eigenvalue weighted by Gasteiger charge is 2.45. The zero-order valence-corrected chi connectivity index (χ0v) is 18.1. The van der Waals surface area contributed by atoms with Crippen molar-refractivity contribution in [3.05, 3.63) is 46.8 Å². The van der Waals surface area contributed by atoms with Crippen molar-refractivity contribution in [2.75, 3.05) is 18.9 Å². The Hall–Kier alpha value is -2.08. The number of pyridine rings is 1. The van der Waals surface area contributed by atoms with E-state index in [-0.39, 0.29) is 19.0 Å². The zero-order chi connectivity index (χ0) is 22.2. The summed E-state index contributed by atoms with van der Waals surface area (Å²) in [5.41, 5.74) is 6.68. The molecule has 0 spiro atoms. The van der Waals surface area contributed by atoms with Crippen molar-refractivity contribution in [1.82, 2.24) is 14.5 Å². The van der Waals surface area contributed by atoms with Crippen LogP contribution >= 0.6 is 7.82 Å². The van der Waals surface area contributed by atoms with E-state index >= 15 is 0 Å².